The van der Waals surface area contributed by atoms with Crippen molar-refractivity contribution in [2.45, 2.75) is 32.4 Å². The number of nitrogens with two attached hydrogens (primary N) is 1. The zero-order chi connectivity index (χ0) is 12.8. The normalized spacial score (nSPS) is 14.4. The highest BCUT2D eigenvalue weighted by molar-refractivity contribution is 5.30. The molecule has 0 saturated carbocycles. The van der Waals surface area contributed by atoms with Gasteiger partial charge in [-0.15, -0.1) is 0 Å². The number of hydrogen-bond donors (Lipinski definition) is 1. The monoisotopic (exact) mass is 241 g/mol. The summed E-state index contributed by atoms with van der Waals surface area (Å²) in [5, 5.41) is 0. The van der Waals surface area contributed by atoms with Crippen molar-refractivity contribution in [1.82, 2.24) is 0 Å². The molecule has 0 saturated heterocycles. The van der Waals surface area contributed by atoms with E-state index in [9.17, 15) is 4.39 Å². The number of hydrogen-bond acceptors (Lipinski definition) is 3. The fourth-order valence-corrected chi connectivity index (χ4v) is 1.62. The molecule has 1 aromatic carbocycles. The summed E-state index contributed by atoms with van der Waals surface area (Å²) in [7, 11) is 1.59. The van der Waals surface area contributed by atoms with Crippen LogP contribution in [0.4, 0.5) is 4.39 Å². The standard InChI is InChI=1S/C13H20FNO2/c1-9(15)6-11-4-5-13(12(14)7-11)17-10(2)8-16-3/h4-5,7,9-10H,6,8,15H2,1-3H3. The van der Waals surface area contributed by atoms with Gasteiger partial charge in [0.2, 0.25) is 0 Å². The van der Waals surface area contributed by atoms with Crippen molar-refractivity contribution >= 4 is 0 Å². The Labute approximate surface area is 102 Å². The summed E-state index contributed by atoms with van der Waals surface area (Å²) in [6, 6.07) is 4.97. The highest BCUT2D eigenvalue weighted by Crippen LogP contribution is 2.20. The zero-order valence-electron chi connectivity index (χ0n) is 10.6. The Hall–Kier alpha value is -1.13. The summed E-state index contributed by atoms with van der Waals surface area (Å²) in [5.74, 6) is -0.103. The van der Waals surface area contributed by atoms with Crippen LogP contribution in [0.15, 0.2) is 18.2 Å². The Morgan fingerprint density at radius 1 is 1.35 bits per heavy atom. The van der Waals surface area contributed by atoms with Crippen LogP contribution in [0.25, 0.3) is 0 Å². The van der Waals surface area contributed by atoms with E-state index in [-0.39, 0.29) is 23.7 Å². The van der Waals surface area contributed by atoms with Crippen LogP contribution in [-0.4, -0.2) is 25.9 Å². The third-order valence-corrected chi connectivity index (χ3v) is 2.28. The predicted octanol–water partition coefficient (Wildman–Crippen LogP) is 2.13. The molecule has 0 aliphatic heterocycles. The van der Waals surface area contributed by atoms with E-state index >= 15 is 0 Å². The van der Waals surface area contributed by atoms with Crippen LogP contribution in [0, 0.1) is 5.82 Å². The third kappa shape index (κ3) is 4.71. The molecule has 0 aliphatic carbocycles. The van der Waals surface area contributed by atoms with E-state index in [4.69, 9.17) is 15.2 Å². The second-order valence-electron chi connectivity index (χ2n) is 4.33. The molecular weight excluding hydrogens is 221 g/mol. The van der Waals surface area contributed by atoms with Gasteiger partial charge in [-0.25, -0.2) is 4.39 Å². The maximum absolute atomic E-state index is 13.7. The minimum atomic E-state index is -0.355. The quantitative estimate of drug-likeness (QED) is 0.829. The summed E-state index contributed by atoms with van der Waals surface area (Å²) < 4.78 is 24.0. The van der Waals surface area contributed by atoms with Crippen LogP contribution in [0.3, 0.4) is 0 Å². The number of methoxy groups -OCH3 is 1. The molecule has 0 aromatic heterocycles. The zero-order valence-corrected chi connectivity index (χ0v) is 10.6. The lowest BCUT2D eigenvalue weighted by atomic mass is 10.1. The lowest BCUT2D eigenvalue weighted by Crippen LogP contribution is -2.19. The highest BCUT2D eigenvalue weighted by atomic mass is 19.1. The Morgan fingerprint density at radius 2 is 2.06 bits per heavy atom. The molecular formula is C13H20FNO2. The van der Waals surface area contributed by atoms with E-state index in [1.165, 1.54) is 6.07 Å². The van der Waals surface area contributed by atoms with Crippen LogP contribution >= 0.6 is 0 Å². The average Bonchev–Trinajstić information content (AvgIpc) is 2.21. The first-order valence-electron chi connectivity index (χ1n) is 5.72. The Balaban J connectivity index is 2.69. The SMILES string of the molecule is COCC(C)Oc1ccc(CC(C)N)cc1F. The van der Waals surface area contributed by atoms with Gasteiger partial charge in [-0.1, -0.05) is 6.07 Å². The van der Waals surface area contributed by atoms with Crippen LogP contribution in [0.5, 0.6) is 5.75 Å². The molecule has 2 atom stereocenters. The van der Waals surface area contributed by atoms with Gasteiger partial charge in [0.1, 0.15) is 6.10 Å². The molecule has 2 unspecified atom stereocenters. The van der Waals surface area contributed by atoms with Crippen LogP contribution < -0.4 is 10.5 Å². The smallest absolute Gasteiger partial charge is 0.165 e. The minimum absolute atomic E-state index is 0.0218. The summed E-state index contributed by atoms with van der Waals surface area (Å²) in [6.45, 7) is 4.16. The molecule has 0 spiro atoms. The van der Waals surface area contributed by atoms with E-state index in [1.807, 2.05) is 19.9 Å². The fraction of sp³-hybridized carbons (Fsp3) is 0.538. The van der Waals surface area contributed by atoms with Gasteiger partial charge in [-0.05, 0) is 38.0 Å². The minimum Gasteiger partial charge on any atom is -0.485 e. The first-order valence-corrected chi connectivity index (χ1v) is 5.72. The lowest BCUT2D eigenvalue weighted by molar-refractivity contribution is 0.0892. The van der Waals surface area contributed by atoms with Crippen molar-refractivity contribution in [3.8, 4) is 5.75 Å². The summed E-state index contributed by atoms with van der Waals surface area (Å²) >= 11 is 0. The second kappa shape index (κ2) is 6.57. The maximum atomic E-state index is 13.7. The molecule has 2 N–H and O–H groups in total. The molecule has 4 heteroatoms. The van der Waals surface area contributed by atoms with Gasteiger partial charge in [0.25, 0.3) is 0 Å². The van der Waals surface area contributed by atoms with Crippen molar-refractivity contribution in [2.75, 3.05) is 13.7 Å². The molecule has 96 valence electrons. The number of benzene rings is 1. The van der Waals surface area contributed by atoms with Crippen molar-refractivity contribution in [3.05, 3.63) is 29.6 Å². The molecule has 1 rings (SSSR count). The van der Waals surface area contributed by atoms with Gasteiger partial charge >= 0.3 is 0 Å². The molecule has 0 heterocycles. The molecule has 3 nitrogen and oxygen atoms in total. The van der Waals surface area contributed by atoms with Crippen LogP contribution in [0.1, 0.15) is 19.4 Å². The lowest BCUT2D eigenvalue weighted by Gasteiger charge is -2.15. The highest BCUT2D eigenvalue weighted by Gasteiger charge is 2.09. The number of ether oxygens (including phenoxy) is 2. The van der Waals surface area contributed by atoms with Crippen molar-refractivity contribution < 1.29 is 13.9 Å². The first kappa shape index (κ1) is 13.9. The average molecular weight is 241 g/mol. The van der Waals surface area contributed by atoms with Crippen molar-refractivity contribution in [1.29, 1.82) is 0 Å². The van der Waals surface area contributed by atoms with E-state index in [2.05, 4.69) is 0 Å². The van der Waals surface area contributed by atoms with Gasteiger partial charge in [-0.3, -0.25) is 0 Å². The molecule has 0 radical (unpaired) electrons. The summed E-state index contributed by atoms with van der Waals surface area (Å²) in [5.41, 5.74) is 6.54. The summed E-state index contributed by atoms with van der Waals surface area (Å²) in [6.07, 6.45) is 0.485. The largest absolute Gasteiger partial charge is 0.485 e. The maximum Gasteiger partial charge on any atom is 0.165 e. The van der Waals surface area contributed by atoms with E-state index < -0.39 is 0 Å². The van der Waals surface area contributed by atoms with Gasteiger partial charge in [0.05, 0.1) is 6.61 Å². The molecule has 0 fully saturated rings. The third-order valence-electron chi connectivity index (χ3n) is 2.28. The topological polar surface area (TPSA) is 44.5 Å². The molecule has 0 aliphatic rings. The molecule has 0 bridgehead atoms. The van der Waals surface area contributed by atoms with Crippen molar-refractivity contribution in [2.24, 2.45) is 5.73 Å². The van der Waals surface area contributed by atoms with E-state index in [1.54, 1.807) is 13.2 Å². The van der Waals surface area contributed by atoms with E-state index in [0.29, 0.717) is 13.0 Å². The molecule has 1 aromatic rings. The predicted molar refractivity (Wildman–Crippen MR) is 65.7 cm³/mol. The van der Waals surface area contributed by atoms with Gasteiger partial charge in [0, 0.05) is 13.2 Å². The second-order valence-corrected chi connectivity index (χ2v) is 4.33. The fourth-order valence-electron chi connectivity index (χ4n) is 1.62. The first-order chi connectivity index (χ1) is 8.02. The van der Waals surface area contributed by atoms with Gasteiger partial charge < -0.3 is 15.2 Å². The van der Waals surface area contributed by atoms with Gasteiger partial charge in [-0.2, -0.15) is 0 Å². The Bertz CT molecular complexity index is 355. The molecule has 0 amide bonds. The van der Waals surface area contributed by atoms with Gasteiger partial charge in [0.15, 0.2) is 11.6 Å². The molecule has 17 heavy (non-hydrogen) atoms. The summed E-state index contributed by atoms with van der Waals surface area (Å²) in [4.78, 5) is 0. The van der Waals surface area contributed by atoms with Crippen LogP contribution in [-0.2, 0) is 11.2 Å². The Kier molecular flexibility index (Phi) is 5.38. The number of rotatable bonds is 6. The van der Waals surface area contributed by atoms with E-state index in [0.717, 1.165) is 5.56 Å². The van der Waals surface area contributed by atoms with Crippen LogP contribution in [0.2, 0.25) is 0 Å². The number of halogens is 1. The van der Waals surface area contributed by atoms with Crippen molar-refractivity contribution in [3.63, 3.8) is 0 Å². The Morgan fingerprint density at radius 3 is 2.59 bits per heavy atom.